The third-order valence-electron chi connectivity index (χ3n) is 7.30. The van der Waals surface area contributed by atoms with E-state index < -0.39 is 0 Å². The number of para-hydroxylation sites is 1. The number of nitrogens with zero attached hydrogens (tertiary/aromatic N) is 1. The Morgan fingerprint density at radius 1 is 0.583 bits per heavy atom. The molecule has 0 N–H and O–H groups in total. The second-order valence-electron chi connectivity index (χ2n) is 9.19. The van der Waals surface area contributed by atoms with E-state index in [4.69, 9.17) is 4.98 Å². The van der Waals surface area contributed by atoms with Crippen molar-refractivity contribution in [1.82, 2.24) is 4.98 Å². The van der Waals surface area contributed by atoms with Crippen molar-refractivity contribution in [2.24, 2.45) is 0 Å². The predicted molar refractivity (Wildman–Crippen MR) is 152 cm³/mol. The summed E-state index contributed by atoms with van der Waals surface area (Å²) in [5, 5.41) is 3.43. The number of hydrogen-bond acceptors (Lipinski definition) is 2. The molecule has 2 heteroatoms. The first-order chi connectivity index (χ1) is 17.9. The van der Waals surface area contributed by atoms with Crippen LogP contribution in [0.4, 0.5) is 0 Å². The minimum absolute atomic E-state index is 0.340. The molecule has 2 heterocycles. The van der Waals surface area contributed by atoms with Crippen molar-refractivity contribution in [2.75, 3.05) is 0 Å². The van der Waals surface area contributed by atoms with E-state index in [2.05, 4.69) is 127 Å². The van der Waals surface area contributed by atoms with Gasteiger partial charge in [0.05, 0.1) is 10.9 Å². The van der Waals surface area contributed by atoms with Gasteiger partial charge in [0.2, 0.25) is 0 Å². The summed E-state index contributed by atoms with van der Waals surface area (Å²) < 4.78 is 0. The Balaban J connectivity index is 1.46. The monoisotopic (exact) mass is 477 g/mol. The Morgan fingerprint density at radius 2 is 1.25 bits per heavy atom. The molecule has 0 bridgehead atoms. The molecule has 1 nitrogen and oxygen atoms in total. The zero-order valence-electron chi connectivity index (χ0n) is 19.6. The second-order valence-corrected chi connectivity index (χ2v) is 10.1. The average Bonchev–Trinajstić information content (AvgIpc) is 3.23. The first-order valence-electron chi connectivity index (χ1n) is 12.2. The maximum absolute atomic E-state index is 4.70. The van der Waals surface area contributed by atoms with Crippen LogP contribution in [-0.2, 0) is 5.41 Å². The predicted octanol–water partition coefficient (Wildman–Crippen LogP) is 8.81. The topological polar surface area (TPSA) is 12.9 Å². The highest BCUT2D eigenvalue weighted by Crippen LogP contribution is 2.55. The summed E-state index contributed by atoms with van der Waals surface area (Å²) in [5.41, 5.74) is 9.62. The molecule has 0 radical (unpaired) electrons. The average molecular weight is 478 g/mol. The van der Waals surface area contributed by atoms with Crippen molar-refractivity contribution in [3.05, 3.63) is 161 Å². The van der Waals surface area contributed by atoms with Crippen molar-refractivity contribution in [2.45, 2.75) is 10.3 Å². The van der Waals surface area contributed by atoms with Crippen molar-refractivity contribution in [3.63, 3.8) is 0 Å². The molecule has 1 aliphatic carbocycles. The van der Waals surface area contributed by atoms with Crippen molar-refractivity contribution in [1.29, 1.82) is 0 Å². The highest BCUT2D eigenvalue weighted by molar-refractivity contribution is 8.02. The Kier molecular flexibility index (Phi) is 5.00. The smallest absolute Gasteiger partial charge is 0.0780 e. The summed E-state index contributed by atoms with van der Waals surface area (Å²) in [6, 6.07) is 37.1. The van der Waals surface area contributed by atoms with Crippen LogP contribution in [0, 0.1) is 0 Å². The number of allylic oxidation sites excluding steroid dienone is 5. The molecule has 7 rings (SSSR count). The largest absolute Gasteiger partial charge is 0.256 e. The normalized spacial score (nSPS) is 18.5. The maximum Gasteiger partial charge on any atom is 0.0780 e. The fourth-order valence-electron chi connectivity index (χ4n) is 5.74. The van der Waals surface area contributed by atoms with E-state index in [0.29, 0.717) is 0 Å². The van der Waals surface area contributed by atoms with Crippen molar-refractivity contribution in [3.8, 4) is 11.1 Å². The number of thioether (sulfide) groups is 1. The molecule has 0 saturated carbocycles. The summed E-state index contributed by atoms with van der Waals surface area (Å²) in [7, 11) is 0. The Bertz CT molecular complexity index is 1670. The lowest BCUT2D eigenvalue weighted by Gasteiger charge is -2.31. The van der Waals surface area contributed by atoms with Gasteiger partial charge in [-0.3, -0.25) is 4.98 Å². The Hall–Kier alpha value is -4.14. The molecule has 36 heavy (non-hydrogen) atoms. The summed E-state index contributed by atoms with van der Waals surface area (Å²) in [5.74, 6) is 0. The molecule has 1 aliphatic heterocycles. The lowest BCUT2D eigenvalue weighted by Crippen LogP contribution is -2.25. The van der Waals surface area contributed by atoms with E-state index in [1.165, 1.54) is 32.7 Å². The molecule has 1 spiro atoms. The van der Waals surface area contributed by atoms with Gasteiger partial charge < -0.3 is 0 Å². The minimum Gasteiger partial charge on any atom is -0.256 e. The number of aromatic nitrogens is 1. The molecule has 4 aromatic carbocycles. The molecule has 0 amide bonds. The maximum atomic E-state index is 4.70. The van der Waals surface area contributed by atoms with Gasteiger partial charge in [-0.1, -0.05) is 127 Å². The number of fused-ring (bicyclic) bond motifs is 8. The zero-order chi connectivity index (χ0) is 24.0. The summed E-state index contributed by atoms with van der Waals surface area (Å²) in [4.78, 5) is 5.96. The van der Waals surface area contributed by atoms with Gasteiger partial charge in [-0.05, 0) is 50.9 Å². The molecule has 170 valence electrons. The minimum atomic E-state index is -0.340. The molecular weight excluding hydrogens is 454 g/mol. The number of benzene rings is 4. The first-order valence-corrected chi connectivity index (χ1v) is 13.1. The summed E-state index contributed by atoms with van der Waals surface area (Å²) >= 11 is 1.79. The van der Waals surface area contributed by atoms with E-state index in [9.17, 15) is 0 Å². The standard InChI is InChI=1S/C34H23NS/c1-3-17-29-27(14-1)28-15-2-4-18-30(28)34(29)21-8-7-11-25(23-36-32-20-6-5-19-31(32)34)26-16-9-12-24-13-10-22-35-33(24)26/h1-23H/b11-7-,21-8+,25-23-. The van der Waals surface area contributed by atoms with Gasteiger partial charge in [-0.15, -0.1) is 0 Å². The van der Waals surface area contributed by atoms with Crippen LogP contribution in [0.2, 0.25) is 0 Å². The van der Waals surface area contributed by atoms with Crippen LogP contribution in [0.25, 0.3) is 27.6 Å². The van der Waals surface area contributed by atoms with Crippen LogP contribution in [0.1, 0.15) is 22.3 Å². The molecule has 1 aromatic heterocycles. The SMILES string of the molecule is C1=C\C(c2cccc3cccnc23)=C\Sc2ccccc2C2(/C=C/1)c1ccccc1-c1ccccc12. The van der Waals surface area contributed by atoms with Gasteiger partial charge in [0.15, 0.2) is 0 Å². The van der Waals surface area contributed by atoms with Crippen LogP contribution >= 0.6 is 11.8 Å². The van der Waals surface area contributed by atoms with Crippen LogP contribution in [0.3, 0.4) is 0 Å². The van der Waals surface area contributed by atoms with Crippen molar-refractivity contribution < 1.29 is 0 Å². The molecule has 0 atom stereocenters. The quantitative estimate of drug-likeness (QED) is 0.239. The number of rotatable bonds is 1. The van der Waals surface area contributed by atoms with Crippen LogP contribution in [0.5, 0.6) is 0 Å². The van der Waals surface area contributed by atoms with Crippen LogP contribution in [-0.4, -0.2) is 4.98 Å². The fraction of sp³-hybridized carbons (Fsp3) is 0.0294. The van der Waals surface area contributed by atoms with Gasteiger partial charge in [-0.25, -0.2) is 0 Å². The van der Waals surface area contributed by atoms with Gasteiger partial charge in [0.1, 0.15) is 0 Å². The van der Waals surface area contributed by atoms with Crippen molar-refractivity contribution >= 4 is 28.2 Å². The van der Waals surface area contributed by atoms with Gasteiger partial charge in [0, 0.05) is 22.0 Å². The fourth-order valence-corrected chi connectivity index (χ4v) is 6.71. The van der Waals surface area contributed by atoms with E-state index in [-0.39, 0.29) is 5.41 Å². The first kappa shape index (κ1) is 21.2. The lowest BCUT2D eigenvalue weighted by atomic mass is 9.72. The van der Waals surface area contributed by atoms with E-state index >= 15 is 0 Å². The van der Waals surface area contributed by atoms with E-state index in [0.717, 1.165) is 22.0 Å². The summed E-state index contributed by atoms with van der Waals surface area (Å²) in [6.07, 6.45) is 10.9. The molecule has 0 saturated heterocycles. The Morgan fingerprint density at radius 3 is 2.06 bits per heavy atom. The third kappa shape index (κ3) is 3.15. The van der Waals surface area contributed by atoms with E-state index in [1.54, 1.807) is 11.8 Å². The van der Waals surface area contributed by atoms with Gasteiger partial charge >= 0.3 is 0 Å². The van der Waals surface area contributed by atoms with E-state index in [1.807, 2.05) is 12.3 Å². The molecule has 2 aliphatic rings. The molecule has 5 aromatic rings. The molecule has 0 fully saturated rings. The van der Waals surface area contributed by atoms with Gasteiger partial charge in [0.25, 0.3) is 0 Å². The third-order valence-corrected chi connectivity index (χ3v) is 8.28. The molecular formula is C34H23NS. The van der Waals surface area contributed by atoms with Crippen LogP contribution < -0.4 is 0 Å². The number of hydrogen-bond donors (Lipinski definition) is 0. The summed E-state index contributed by atoms with van der Waals surface area (Å²) in [6.45, 7) is 0. The Labute approximate surface area is 215 Å². The number of pyridine rings is 1. The zero-order valence-corrected chi connectivity index (χ0v) is 20.5. The van der Waals surface area contributed by atoms with Gasteiger partial charge in [-0.2, -0.15) is 0 Å². The highest BCUT2D eigenvalue weighted by atomic mass is 32.2. The highest BCUT2D eigenvalue weighted by Gasteiger charge is 2.43. The lowest BCUT2D eigenvalue weighted by molar-refractivity contribution is 0.783. The molecule has 0 unspecified atom stereocenters. The second kappa shape index (κ2) is 8.51. The van der Waals surface area contributed by atoms with Crippen LogP contribution in [0.15, 0.2) is 144 Å².